The van der Waals surface area contributed by atoms with E-state index in [4.69, 9.17) is 9.47 Å². The average Bonchev–Trinajstić information content (AvgIpc) is 3.40. The van der Waals surface area contributed by atoms with E-state index in [1.165, 1.54) is 6.20 Å². The largest absolute Gasteiger partial charge is 0.454 e. The van der Waals surface area contributed by atoms with Crippen LogP contribution in [0.15, 0.2) is 53.9 Å². The number of benzene rings is 2. The molecule has 0 spiro atoms. The molecule has 0 fully saturated rings. The minimum absolute atomic E-state index is 0.158. The van der Waals surface area contributed by atoms with Gasteiger partial charge in [0.1, 0.15) is 23.5 Å². The summed E-state index contributed by atoms with van der Waals surface area (Å²) in [7, 11) is 0. The Morgan fingerprint density at radius 1 is 1.19 bits per heavy atom. The van der Waals surface area contributed by atoms with Crippen LogP contribution in [-0.2, 0) is 4.79 Å². The van der Waals surface area contributed by atoms with Gasteiger partial charge in [0.25, 0.3) is 5.91 Å². The van der Waals surface area contributed by atoms with Gasteiger partial charge in [0.15, 0.2) is 11.5 Å². The number of carbonyl (C=O) groups excluding carboxylic acids is 1. The fourth-order valence-corrected chi connectivity index (χ4v) is 4.17. The van der Waals surface area contributed by atoms with Crippen LogP contribution in [-0.4, -0.2) is 22.5 Å². The molecule has 5 rings (SSSR count). The summed E-state index contributed by atoms with van der Waals surface area (Å²) in [5.74, 6) is 1.57. The first-order valence-electron chi connectivity index (χ1n) is 10.2. The van der Waals surface area contributed by atoms with Crippen LogP contribution in [0.4, 0.5) is 11.5 Å². The lowest BCUT2D eigenvalue weighted by Crippen LogP contribution is -2.31. The van der Waals surface area contributed by atoms with E-state index in [9.17, 15) is 10.1 Å². The molecule has 2 N–H and O–H groups in total. The summed E-state index contributed by atoms with van der Waals surface area (Å²) in [6, 6.07) is 13.1. The maximum atomic E-state index is 13.5. The van der Waals surface area contributed by atoms with Crippen molar-refractivity contribution < 1.29 is 14.3 Å². The molecule has 8 nitrogen and oxygen atoms in total. The lowest BCUT2D eigenvalue weighted by Gasteiger charge is -2.30. The van der Waals surface area contributed by atoms with E-state index in [2.05, 4.69) is 21.8 Å². The maximum absolute atomic E-state index is 13.5. The molecular weight excluding hydrogens is 406 g/mol. The molecule has 0 bridgehead atoms. The van der Waals surface area contributed by atoms with Crippen LogP contribution in [0.2, 0.25) is 0 Å². The van der Waals surface area contributed by atoms with E-state index in [-0.39, 0.29) is 12.7 Å². The van der Waals surface area contributed by atoms with Gasteiger partial charge in [0, 0.05) is 11.4 Å². The first-order chi connectivity index (χ1) is 15.5. The lowest BCUT2D eigenvalue weighted by atomic mass is 9.94. The molecule has 1 aromatic heterocycles. The Bertz CT molecular complexity index is 1330. The number of nitrogens with one attached hydrogen (secondary N) is 2. The molecule has 2 aliphatic heterocycles. The summed E-state index contributed by atoms with van der Waals surface area (Å²) in [6.07, 6.45) is 1.50. The van der Waals surface area contributed by atoms with E-state index >= 15 is 0 Å². The third-order valence-corrected chi connectivity index (χ3v) is 5.73. The predicted molar refractivity (Wildman–Crippen MR) is 119 cm³/mol. The molecule has 2 aliphatic rings. The van der Waals surface area contributed by atoms with Crippen LogP contribution in [0.25, 0.3) is 0 Å². The highest BCUT2D eigenvalue weighted by Crippen LogP contribution is 2.41. The van der Waals surface area contributed by atoms with Gasteiger partial charge in [-0.05, 0) is 50.1 Å². The van der Waals surface area contributed by atoms with Crippen molar-refractivity contribution in [1.82, 2.24) is 9.78 Å². The van der Waals surface area contributed by atoms with Crippen molar-refractivity contribution in [3.05, 3.63) is 76.1 Å². The molecule has 8 heteroatoms. The lowest BCUT2D eigenvalue weighted by molar-refractivity contribution is -0.113. The van der Waals surface area contributed by atoms with E-state index < -0.39 is 6.04 Å². The second kappa shape index (κ2) is 7.46. The van der Waals surface area contributed by atoms with Gasteiger partial charge in [-0.2, -0.15) is 10.4 Å². The number of rotatable bonds is 3. The SMILES string of the molecule is CC1=C(C(=O)Nc2ccc(C)cc2C)[C@H](c2ccc3c(c2)OCO3)n2ncc(C#N)c2N1. The molecule has 0 radical (unpaired) electrons. The first kappa shape index (κ1) is 19.7. The van der Waals surface area contributed by atoms with Gasteiger partial charge in [-0.3, -0.25) is 4.79 Å². The van der Waals surface area contributed by atoms with Crippen LogP contribution in [0.1, 0.15) is 35.2 Å². The monoisotopic (exact) mass is 427 g/mol. The van der Waals surface area contributed by atoms with Gasteiger partial charge in [0.05, 0.1) is 11.8 Å². The van der Waals surface area contributed by atoms with Crippen molar-refractivity contribution in [3.8, 4) is 17.6 Å². The molecule has 0 saturated heterocycles. The zero-order chi connectivity index (χ0) is 22.4. The summed E-state index contributed by atoms with van der Waals surface area (Å²) < 4.78 is 12.7. The highest BCUT2D eigenvalue weighted by molar-refractivity contribution is 6.06. The number of allylic oxidation sites excluding steroid dienone is 1. The first-order valence-corrected chi connectivity index (χ1v) is 10.2. The van der Waals surface area contributed by atoms with Crippen molar-refractivity contribution in [1.29, 1.82) is 5.26 Å². The van der Waals surface area contributed by atoms with Crippen molar-refractivity contribution in [2.75, 3.05) is 17.4 Å². The van der Waals surface area contributed by atoms with E-state index in [0.29, 0.717) is 34.2 Å². The third kappa shape index (κ3) is 3.15. The Hall–Kier alpha value is -4.25. The van der Waals surface area contributed by atoms with E-state index in [1.807, 2.05) is 57.2 Å². The Morgan fingerprint density at radius 2 is 2.00 bits per heavy atom. The Morgan fingerprint density at radius 3 is 2.78 bits per heavy atom. The topological polar surface area (TPSA) is 101 Å². The third-order valence-electron chi connectivity index (χ3n) is 5.73. The number of carbonyl (C=O) groups is 1. The summed E-state index contributed by atoms with van der Waals surface area (Å²) >= 11 is 0. The molecule has 3 aromatic rings. The Kier molecular flexibility index (Phi) is 4.59. The molecule has 32 heavy (non-hydrogen) atoms. The standard InChI is InChI=1S/C24H21N5O3/c1-13-4-6-18(14(2)8-13)28-24(30)21-15(3)27-23-17(10-25)11-26-29(23)22(21)16-5-7-19-20(9-16)32-12-31-19/h4-9,11,22,27H,12H2,1-3H3,(H,28,30)/t22-/m0/s1. The summed E-state index contributed by atoms with van der Waals surface area (Å²) in [5, 5.41) is 20.2. The number of hydrogen-bond acceptors (Lipinski definition) is 6. The molecule has 3 heterocycles. The molecule has 160 valence electrons. The fraction of sp³-hybridized carbons (Fsp3) is 0.208. The number of ether oxygens (including phenoxy) is 2. The predicted octanol–water partition coefficient (Wildman–Crippen LogP) is 4.03. The highest BCUT2D eigenvalue weighted by atomic mass is 16.7. The number of hydrogen-bond donors (Lipinski definition) is 2. The quantitative estimate of drug-likeness (QED) is 0.655. The van der Waals surface area contributed by atoms with Crippen LogP contribution in [0, 0.1) is 25.2 Å². The molecule has 2 aromatic carbocycles. The Labute approximate surface area is 185 Å². The van der Waals surface area contributed by atoms with Crippen molar-refractivity contribution in [2.24, 2.45) is 0 Å². The molecule has 1 amide bonds. The van der Waals surface area contributed by atoms with Gasteiger partial charge < -0.3 is 20.1 Å². The second-order valence-electron chi connectivity index (χ2n) is 7.91. The smallest absolute Gasteiger partial charge is 0.255 e. The average molecular weight is 427 g/mol. The van der Waals surface area contributed by atoms with Crippen LogP contribution >= 0.6 is 0 Å². The van der Waals surface area contributed by atoms with Gasteiger partial charge in [0.2, 0.25) is 6.79 Å². The molecule has 0 unspecified atom stereocenters. The van der Waals surface area contributed by atoms with E-state index in [1.54, 1.807) is 4.68 Å². The number of aryl methyl sites for hydroxylation is 2. The summed E-state index contributed by atoms with van der Waals surface area (Å²) in [5.41, 5.74) is 5.21. The van der Waals surface area contributed by atoms with Gasteiger partial charge in [-0.15, -0.1) is 0 Å². The summed E-state index contributed by atoms with van der Waals surface area (Å²) in [4.78, 5) is 13.5. The van der Waals surface area contributed by atoms with Gasteiger partial charge in [-0.1, -0.05) is 23.8 Å². The number of nitrogens with zero attached hydrogens (tertiary/aromatic N) is 3. The maximum Gasteiger partial charge on any atom is 0.255 e. The van der Waals surface area contributed by atoms with Crippen LogP contribution < -0.4 is 20.1 Å². The fourth-order valence-electron chi connectivity index (χ4n) is 4.17. The Balaban J connectivity index is 1.61. The van der Waals surface area contributed by atoms with Crippen LogP contribution in [0.5, 0.6) is 11.5 Å². The minimum Gasteiger partial charge on any atom is -0.454 e. The molecule has 0 saturated carbocycles. The second-order valence-corrected chi connectivity index (χ2v) is 7.91. The van der Waals surface area contributed by atoms with Crippen molar-refractivity contribution in [3.63, 3.8) is 0 Å². The zero-order valence-electron chi connectivity index (χ0n) is 17.9. The number of amides is 1. The van der Waals surface area contributed by atoms with Crippen molar-refractivity contribution >= 4 is 17.4 Å². The number of fused-ring (bicyclic) bond motifs is 2. The van der Waals surface area contributed by atoms with Crippen LogP contribution in [0.3, 0.4) is 0 Å². The zero-order valence-corrected chi connectivity index (χ0v) is 17.9. The minimum atomic E-state index is -0.548. The number of nitriles is 1. The molecule has 0 aliphatic carbocycles. The normalized spacial score (nSPS) is 16.2. The van der Waals surface area contributed by atoms with Gasteiger partial charge in [-0.25, -0.2) is 4.68 Å². The van der Waals surface area contributed by atoms with Gasteiger partial charge >= 0.3 is 0 Å². The molecular formula is C24H21N5O3. The summed E-state index contributed by atoms with van der Waals surface area (Å²) in [6.45, 7) is 5.96. The van der Waals surface area contributed by atoms with E-state index in [0.717, 1.165) is 22.4 Å². The number of anilines is 2. The number of aromatic nitrogens is 2. The van der Waals surface area contributed by atoms with Crippen molar-refractivity contribution in [2.45, 2.75) is 26.8 Å². The highest BCUT2D eigenvalue weighted by Gasteiger charge is 2.35. The molecule has 1 atom stereocenters.